The van der Waals surface area contributed by atoms with Crippen LogP contribution in [-0.4, -0.2) is 45.5 Å². The van der Waals surface area contributed by atoms with E-state index in [0.29, 0.717) is 35.5 Å². The molecule has 0 amide bonds. The zero-order valence-electron chi connectivity index (χ0n) is 21.5. The van der Waals surface area contributed by atoms with Crippen molar-refractivity contribution in [2.45, 2.75) is 119 Å². The summed E-state index contributed by atoms with van der Waals surface area (Å²) in [4.78, 5) is 0. The van der Waals surface area contributed by atoms with Crippen molar-refractivity contribution in [2.75, 3.05) is 0 Å². The van der Waals surface area contributed by atoms with E-state index < -0.39 is 0 Å². The van der Waals surface area contributed by atoms with Crippen molar-refractivity contribution in [3.8, 4) is 0 Å². The van der Waals surface area contributed by atoms with E-state index in [9.17, 15) is 0 Å². The monoisotopic (exact) mass is 470 g/mol. The summed E-state index contributed by atoms with van der Waals surface area (Å²) < 4.78 is 0. The Morgan fingerprint density at radius 1 is 0.483 bits per heavy atom. The van der Waals surface area contributed by atoms with Crippen molar-refractivity contribution >= 4 is 45.5 Å². The Hall–Kier alpha value is 0.181. The van der Waals surface area contributed by atoms with E-state index in [1.54, 1.807) is 33.4 Å². The van der Waals surface area contributed by atoms with Crippen molar-refractivity contribution < 1.29 is 0 Å². The smallest absolute Gasteiger partial charge is 0.210 e. The van der Waals surface area contributed by atoms with Crippen LogP contribution < -0.4 is 0 Å². The molecule has 0 aliphatic rings. The maximum absolute atomic E-state index is 2.31. The van der Waals surface area contributed by atoms with E-state index in [4.69, 9.17) is 0 Å². The molecule has 0 nitrogen and oxygen atoms in total. The van der Waals surface area contributed by atoms with Gasteiger partial charge < -0.3 is 0 Å². The van der Waals surface area contributed by atoms with Crippen LogP contribution in [0.3, 0.4) is 0 Å². The van der Waals surface area contributed by atoms with Gasteiger partial charge in [0.1, 0.15) is 0 Å². The molecule has 2 rings (SSSR count). The van der Waals surface area contributed by atoms with Gasteiger partial charge in [0.25, 0.3) is 0 Å². The standard InChI is InChI=1S/2C14H23.Sr/c2*1-9(2)12-7-8-13(10(3)4)14(12)11(5)6;/h2*7-11H,1-6H3;/q2*-1;+2. The second-order valence-corrected chi connectivity index (χ2v) is 10.2. The molecule has 0 bridgehead atoms. The van der Waals surface area contributed by atoms with Crippen molar-refractivity contribution in [2.24, 2.45) is 0 Å². The van der Waals surface area contributed by atoms with Crippen LogP contribution in [0.4, 0.5) is 0 Å². The molecule has 0 atom stereocenters. The summed E-state index contributed by atoms with van der Waals surface area (Å²) in [7, 11) is 0. The molecule has 0 unspecified atom stereocenters. The average Bonchev–Trinajstić information content (AvgIpc) is 3.20. The van der Waals surface area contributed by atoms with E-state index in [0.717, 1.165) is 0 Å². The Labute approximate surface area is 219 Å². The molecule has 2 aromatic rings. The Morgan fingerprint density at radius 3 is 0.931 bits per heavy atom. The fourth-order valence-electron chi connectivity index (χ4n) is 4.40. The summed E-state index contributed by atoms with van der Waals surface area (Å²) in [6.07, 6.45) is 0. The van der Waals surface area contributed by atoms with E-state index >= 15 is 0 Å². The van der Waals surface area contributed by atoms with Gasteiger partial charge >= 0.3 is 45.5 Å². The normalized spacial score (nSPS) is 11.7. The van der Waals surface area contributed by atoms with Crippen LogP contribution in [0.15, 0.2) is 24.3 Å². The zero-order chi connectivity index (χ0) is 21.8. The Bertz CT molecular complexity index is 591. The molecule has 1 heteroatoms. The maximum atomic E-state index is 2.31. The SMILES string of the molecule is CC(C)c1cc[c-](C(C)C)c1C(C)C.CC(C)c1cc[c-](C(C)C)c1C(C)C.[Sr+2]. The van der Waals surface area contributed by atoms with Gasteiger partial charge in [-0.15, -0.1) is 0 Å². The third-order valence-electron chi connectivity index (χ3n) is 5.77. The molecule has 0 fully saturated rings. The predicted molar refractivity (Wildman–Crippen MR) is 134 cm³/mol. The molecule has 0 N–H and O–H groups in total. The van der Waals surface area contributed by atoms with Crippen molar-refractivity contribution in [3.63, 3.8) is 0 Å². The molecule has 0 saturated heterocycles. The third kappa shape index (κ3) is 7.67. The number of rotatable bonds is 6. The second kappa shape index (κ2) is 12.9. The fourth-order valence-corrected chi connectivity index (χ4v) is 4.40. The van der Waals surface area contributed by atoms with Gasteiger partial charge in [0.15, 0.2) is 0 Å². The summed E-state index contributed by atoms with van der Waals surface area (Å²) >= 11 is 0. The molecule has 0 saturated carbocycles. The van der Waals surface area contributed by atoms with Crippen LogP contribution in [0.1, 0.15) is 152 Å². The van der Waals surface area contributed by atoms with Gasteiger partial charge in [-0.3, -0.25) is 0 Å². The second-order valence-electron chi connectivity index (χ2n) is 10.2. The molecule has 0 radical (unpaired) electrons. The molecule has 0 spiro atoms. The van der Waals surface area contributed by atoms with E-state index in [2.05, 4.69) is 107 Å². The number of hydrogen-bond acceptors (Lipinski definition) is 0. The number of hydrogen-bond donors (Lipinski definition) is 0. The minimum atomic E-state index is 0. The molecular formula is C28H46Sr. The Balaban J connectivity index is 0.000000523. The first-order chi connectivity index (χ1) is 12.9. The van der Waals surface area contributed by atoms with Crippen LogP contribution in [0.5, 0.6) is 0 Å². The maximum Gasteiger partial charge on any atom is 2.00 e. The summed E-state index contributed by atoms with van der Waals surface area (Å²) in [6.45, 7) is 27.5. The van der Waals surface area contributed by atoms with Crippen LogP contribution in [0.2, 0.25) is 0 Å². The fraction of sp³-hybridized carbons (Fsp3) is 0.643. The van der Waals surface area contributed by atoms with Gasteiger partial charge in [0.05, 0.1) is 0 Å². The molecule has 2 aromatic carbocycles. The van der Waals surface area contributed by atoms with Crippen molar-refractivity contribution in [1.29, 1.82) is 0 Å². The molecule has 160 valence electrons. The molecule has 0 aromatic heterocycles. The van der Waals surface area contributed by atoms with Crippen LogP contribution >= 0.6 is 0 Å². The van der Waals surface area contributed by atoms with Gasteiger partial charge in [-0.25, -0.2) is 12.1 Å². The molecule has 0 heterocycles. The summed E-state index contributed by atoms with van der Waals surface area (Å²) in [6, 6.07) is 9.26. The first-order valence-electron chi connectivity index (χ1n) is 11.5. The van der Waals surface area contributed by atoms with Crippen molar-refractivity contribution in [1.82, 2.24) is 0 Å². The minimum absolute atomic E-state index is 0. The van der Waals surface area contributed by atoms with Gasteiger partial charge in [0, 0.05) is 0 Å². The van der Waals surface area contributed by atoms with Gasteiger partial charge in [-0.1, -0.05) is 107 Å². The zero-order valence-corrected chi connectivity index (χ0v) is 25.0. The summed E-state index contributed by atoms with van der Waals surface area (Å²) in [5, 5.41) is 0. The topological polar surface area (TPSA) is 0 Å². The largest absolute Gasteiger partial charge is 2.00 e. The van der Waals surface area contributed by atoms with E-state index in [1.165, 1.54) is 0 Å². The Morgan fingerprint density at radius 2 is 0.759 bits per heavy atom. The van der Waals surface area contributed by atoms with Gasteiger partial charge in [-0.2, -0.15) is 45.5 Å². The molecule has 0 aliphatic carbocycles. The first-order valence-corrected chi connectivity index (χ1v) is 11.5. The predicted octanol–water partition coefficient (Wildman–Crippen LogP) is 9.17. The first kappa shape index (κ1) is 29.2. The Kier molecular flexibility index (Phi) is 13.0. The summed E-state index contributed by atoms with van der Waals surface area (Å²) in [5.41, 5.74) is 9.37. The van der Waals surface area contributed by atoms with E-state index in [-0.39, 0.29) is 45.5 Å². The van der Waals surface area contributed by atoms with Gasteiger partial charge in [-0.05, 0) is 11.8 Å². The molecular weight excluding hydrogens is 424 g/mol. The molecule has 0 aliphatic heterocycles. The van der Waals surface area contributed by atoms with Crippen LogP contribution in [0, 0.1) is 0 Å². The molecule has 29 heavy (non-hydrogen) atoms. The van der Waals surface area contributed by atoms with Crippen LogP contribution in [-0.2, 0) is 0 Å². The minimum Gasteiger partial charge on any atom is -0.210 e. The van der Waals surface area contributed by atoms with Gasteiger partial charge in [0.2, 0.25) is 0 Å². The average molecular weight is 470 g/mol. The quantitative estimate of drug-likeness (QED) is 0.292. The van der Waals surface area contributed by atoms with Crippen molar-refractivity contribution in [3.05, 3.63) is 57.6 Å². The van der Waals surface area contributed by atoms with Crippen LogP contribution in [0.25, 0.3) is 0 Å². The van der Waals surface area contributed by atoms with E-state index in [1.807, 2.05) is 0 Å². The third-order valence-corrected chi connectivity index (χ3v) is 5.77. The summed E-state index contributed by atoms with van der Waals surface area (Å²) in [5.74, 6) is 3.92.